The summed E-state index contributed by atoms with van der Waals surface area (Å²) in [5, 5.41) is 3.22. The fourth-order valence-corrected chi connectivity index (χ4v) is 2.47. The lowest BCUT2D eigenvalue weighted by Crippen LogP contribution is -2.31. The molecule has 0 aliphatic heterocycles. The maximum atomic E-state index is 12.5. The number of nitrogens with zero attached hydrogens (tertiary/aromatic N) is 2. The van der Waals surface area contributed by atoms with E-state index in [1.54, 1.807) is 0 Å². The van der Waals surface area contributed by atoms with Crippen LogP contribution in [0.25, 0.3) is 16.7 Å². The molecule has 3 rings (SSSR count). The van der Waals surface area contributed by atoms with Gasteiger partial charge in [-0.1, -0.05) is 23.2 Å². The maximum Gasteiger partial charge on any atom is 0.427 e. The van der Waals surface area contributed by atoms with Crippen LogP contribution in [0.15, 0.2) is 55.6 Å². The normalized spacial score (nSPS) is 10.8. The van der Waals surface area contributed by atoms with Crippen molar-refractivity contribution < 1.29 is 4.42 Å². The van der Waals surface area contributed by atoms with Gasteiger partial charge in [-0.15, -0.1) is 4.91 Å². The molecule has 6 nitrogen and oxygen atoms in total. The van der Waals surface area contributed by atoms with Crippen LogP contribution >= 0.6 is 23.2 Å². The summed E-state index contributed by atoms with van der Waals surface area (Å²) in [5.41, 5.74) is -0.329. The molecule has 0 saturated heterocycles. The zero-order valence-corrected chi connectivity index (χ0v) is 12.3. The van der Waals surface area contributed by atoms with Crippen molar-refractivity contribution in [3.8, 4) is 5.69 Å². The predicted octanol–water partition coefficient (Wildman–Crippen LogP) is 3.65. The van der Waals surface area contributed by atoms with Crippen LogP contribution in [0, 0.1) is 4.91 Å². The summed E-state index contributed by atoms with van der Waals surface area (Å²) < 4.78 is 5.87. The highest BCUT2D eigenvalue weighted by Gasteiger charge is 2.14. The van der Waals surface area contributed by atoms with Crippen LogP contribution in [0.3, 0.4) is 0 Å². The van der Waals surface area contributed by atoms with E-state index in [0.717, 1.165) is 4.57 Å². The van der Waals surface area contributed by atoms with Gasteiger partial charge in [0.2, 0.25) is 0 Å². The van der Waals surface area contributed by atoms with Gasteiger partial charge in [0.1, 0.15) is 11.3 Å². The molecule has 110 valence electrons. The zero-order valence-electron chi connectivity index (χ0n) is 10.7. The largest absolute Gasteiger partial charge is 0.427 e. The Hall–Kier alpha value is -2.44. The molecular weight excluding hydrogens is 331 g/mol. The lowest BCUT2D eigenvalue weighted by molar-refractivity contribution is 0.504. The fraction of sp³-hybridized carbons (Fsp3) is 0. The van der Waals surface area contributed by atoms with Gasteiger partial charge in [0, 0.05) is 5.02 Å². The number of hydrogen-bond acceptors (Lipinski definition) is 5. The number of halogens is 2. The third-order valence-electron chi connectivity index (χ3n) is 3.03. The van der Waals surface area contributed by atoms with Gasteiger partial charge in [-0.3, -0.25) is 4.79 Å². The quantitative estimate of drug-likeness (QED) is 0.669. The molecule has 1 heterocycles. The molecule has 0 amide bonds. The molecule has 1 aromatic heterocycles. The molecule has 0 radical (unpaired) electrons. The van der Waals surface area contributed by atoms with Gasteiger partial charge in [-0.2, -0.15) is 0 Å². The second-order valence-electron chi connectivity index (χ2n) is 4.38. The zero-order chi connectivity index (χ0) is 15.9. The van der Waals surface area contributed by atoms with E-state index in [1.165, 1.54) is 36.4 Å². The van der Waals surface area contributed by atoms with Crippen molar-refractivity contribution in [2.75, 3.05) is 0 Å². The Morgan fingerprint density at radius 1 is 1.05 bits per heavy atom. The van der Waals surface area contributed by atoms with Crippen LogP contribution < -0.4 is 11.3 Å². The average molecular weight is 337 g/mol. The summed E-state index contributed by atoms with van der Waals surface area (Å²) in [7, 11) is 0. The van der Waals surface area contributed by atoms with Gasteiger partial charge >= 0.3 is 5.76 Å². The SMILES string of the molecule is O=Nc1ccc(-n2c(=O)oc3ccc(Cl)cc3c2=O)c(Cl)c1. The van der Waals surface area contributed by atoms with E-state index in [0.29, 0.717) is 5.02 Å². The second-order valence-corrected chi connectivity index (χ2v) is 5.22. The lowest BCUT2D eigenvalue weighted by Gasteiger charge is -2.07. The fourth-order valence-electron chi connectivity index (χ4n) is 2.04. The van der Waals surface area contributed by atoms with Gasteiger partial charge in [-0.05, 0) is 41.6 Å². The molecule has 0 N–H and O–H groups in total. The molecule has 0 aliphatic carbocycles. The number of hydrogen-bond donors (Lipinski definition) is 0. The summed E-state index contributed by atoms with van der Waals surface area (Å²) in [6, 6.07) is 8.27. The molecule has 0 fully saturated rings. The highest BCUT2D eigenvalue weighted by Crippen LogP contribution is 2.25. The third-order valence-corrected chi connectivity index (χ3v) is 3.57. The number of fused-ring (bicyclic) bond motifs is 1. The van der Waals surface area contributed by atoms with Crippen LogP contribution in [0.1, 0.15) is 0 Å². The van der Waals surface area contributed by atoms with Crippen molar-refractivity contribution >= 4 is 39.9 Å². The third kappa shape index (κ3) is 2.32. The Labute approximate surface area is 132 Å². The first-order valence-corrected chi connectivity index (χ1v) is 6.75. The summed E-state index contributed by atoms with van der Waals surface area (Å²) >= 11 is 11.9. The van der Waals surface area contributed by atoms with E-state index in [1.807, 2.05) is 0 Å². The number of benzene rings is 2. The lowest BCUT2D eigenvalue weighted by atomic mass is 10.2. The Bertz CT molecular complexity index is 1020. The van der Waals surface area contributed by atoms with Crippen molar-refractivity contribution in [2.45, 2.75) is 0 Å². The van der Waals surface area contributed by atoms with Crippen molar-refractivity contribution in [3.63, 3.8) is 0 Å². The van der Waals surface area contributed by atoms with Crippen LogP contribution in [0.4, 0.5) is 5.69 Å². The van der Waals surface area contributed by atoms with E-state index in [2.05, 4.69) is 5.18 Å². The van der Waals surface area contributed by atoms with Gasteiger partial charge < -0.3 is 4.42 Å². The number of nitroso groups, excluding NO2 is 1. The van der Waals surface area contributed by atoms with Crippen molar-refractivity contribution in [1.82, 2.24) is 4.57 Å². The van der Waals surface area contributed by atoms with Crippen molar-refractivity contribution in [1.29, 1.82) is 0 Å². The molecule has 0 bridgehead atoms. The first-order chi connectivity index (χ1) is 10.5. The predicted molar refractivity (Wildman–Crippen MR) is 83.6 cm³/mol. The van der Waals surface area contributed by atoms with Crippen LogP contribution in [-0.2, 0) is 0 Å². The standard InChI is InChI=1S/C14H6Cl2N2O4/c15-7-1-4-12-9(5-7)13(19)18(14(20)22-12)11-3-2-8(17-21)6-10(11)16/h1-6H. The van der Waals surface area contributed by atoms with Crippen LogP contribution in [0.5, 0.6) is 0 Å². The average Bonchev–Trinajstić information content (AvgIpc) is 2.49. The Kier molecular flexibility index (Phi) is 3.56. The summed E-state index contributed by atoms with van der Waals surface area (Å²) in [6.07, 6.45) is 0. The highest BCUT2D eigenvalue weighted by molar-refractivity contribution is 6.32. The molecule has 0 aliphatic rings. The van der Waals surface area contributed by atoms with E-state index < -0.39 is 11.3 Å². The van der Waals surface area contributed by atoms with Gasteiger partial charge in [0.25, 0.3) is 5.56 Å². The number of rotatable bonds is 2. The Morgan fingerprint density at radius 3 is 2.50 bits per heavy atom. The first kappa shape index (κ1) is 14.5. The van der Waals surface area contributed by atoms with Crippen LogP contribution in [-0.4, -0.2) is 4.57 Å². The summed E-state index contributed by atoms with van der Waals surface area (Å²) in [6.45, 7) is 0. The second kappa shape index (κ2) is 5.40. The molecule has 8 heteroatoms. The molecular formula is C14H6Cl2N2O4. The van der Waals surface area contributed by atoms with Crippen LogP contribution in [0.2, 0.25) is 10.0 Å². The maximum absolute atomic E-state index is 12.5. The first-order valence-electron chi connectivity index (χ1n) is 6.00. The minimum Gasteiger partial charge on any atom is -0.409 e. The molecule has 0 atom stereocenters. The molecule has 2 aromatic carbocycles. The van der Waals surface area contributed by atoms with E-state index in [4.69, 9.17) is 27.6 Å². The number of aromatic nitrogens is 1. The van der Waals surface area contributed by atoms with Crippen molar-refractivity contribution in [3.05, 3.63) is 72.3 Å². The molecule has 22 heavy (non-hydrogen) atoms. The van der Waals surface area contributed by atoms with E-state index >= 15 is 0 Å². The molecule has 0 unspecified atom stereocenters. The minimum atomic E-state index is -0.895. The van der Waals surface area contributed by atoms with E-state index in [-0.39, 0.29) is 27.4 Å². The highest BCUT2D eigenvalue weighted by atomic mass is 35.5. The van der Waals surface area contributed by atoms with Gasteiger partial charge in [0.05, 0.1) is 16.1 Å². The topological polar surface area (TPSA) is 81.6 Å². The monoisotopic (exact) mass is 336 g/mol. The molecule has 0 spiro atoms. The van der Waals surface area contributed by atoms with Gasteiger partial charge in [-0.25, -0.2) is 9.36 Å². The molecule has 3 aromatic rings. The van der Waals surface area contributed by atoms with Crippen molar-refractivity contribution in [2.24, 2.45) is 5.18 Å². The minimum absolute atomic E-state index is 0.0212. The smallest absolute Gasteiger partial charge is 0.409 e. The summed E-state index contributed by atoms with van der Waals surface area (Å²) in [4.78, 5) is 35.1. The Balaban J connectivity index is 2.38. The summed E-state index contributed by atoms with van der Waals surface area (Å²) in [5.74, 6) is -0.895. The molecule has 0 saturated carbocycles. The van der Waals surface area contributed by atoms with Gasteiger partial charge in [0.15, 0.2) is 0 Å². The van der Waals surface area contributed by atoms with E-state index in [9.17, 15) is 14.5 Å². The Morgan fingerprint density at radius 2 is 1.82 bits per heavy atom.